The van der Waals surface area contributed by atoms with Gasteiger partial charge in [-0.05, 0) is 18.9 Å². The molecule has 0 saturated carbocycles. The number of ether oxygens (including phenoxy) is 2. The molecule has 1 fully saturated rings. The first-order valence-corrected chi connectivity index (χ1v) is 6.33. The Hall–Kier alpha value is -0.340. The van der Waals surface area contributed by atoms with Gasteiger partial charge in [0.05, 0.1) is 13.2 Å². The lowest BCUT2D eigenvalue weighted by Crippen LogP contribution is -2.01. The first kappa shape index (κ1) is 12.7. The average Bonchev–Trinajstić information content (AvgIpc) is 2.75. The highest BCUT2D eigenvalue weighted by Crippen LogP contribution is 2.09. The maximum absolute atomic E-state index is 5.30. The molecule has 0 aromatic rings. The summed E-state index contributed by atoms with van der Waals surface area (Å²) in [5.41, 5.74) is 0. The zero-order valence-corrected chi connectivity index (χ0v) is 9.91. The molecule has 2 nitrogen and oxygen atoms in total. The van der Waals surface area contributed by atoms with Crippen molar-refractivity contribution in [2.45, 2.75) is 58.2 Å². The van der Waals surface area contributed by atoms with E-state index in [4.69, 9.17) is 9.47 Å². The van der Waals surface area contributed by atoms with Gasteiger partial charge in [0.1, 0.15) is 0 Å². The molecule has 1 heterocycles. The molecule has 1 aliphatic heterocycles. The summed E-state index contributed by atoms with van der Waals surface area (Å²) in [5.74, 6) is 0. The molecular weight excluding hydrogens is 188 g/mol. The minimum Gasteiger partial charge on any atom is -0.347 e. The lowest BCUT2D eigenvalue weighted by molar-refractivity contribution is -0.00173. The fraction of sp³-hybridized carbons (Fsp3) is 0.846. The van der Waals surface area contributed by atoms with E-state index in [0.29, 0.717) is 0 Å². The summed E-state index contributed by atoms with van der Waals surface area (Å²) in [4.78, 5) is 0. The molecule has 0 atom stereocenters. The largest absolute Gasteiger partial charge is 0.347 e. The minimum absolute atomic E-state index is 0.0647. The van der Waals surface area contributed by atoms with E-state index in [1.807, 2.05) is 6.08 Å². The summed E-state index contributed by atoms with van der Waals surface area (Å²) in [6.45, 7) is 3.74. The van der Waals surface area contributed by atoms with Gasteiger partial charge in [-0.3, -0.25) is 0 Å². The highest BCUT2D eigenvalue weighted by Gasteiger charge is 2.10. The first-order valence-electron chi connectivity index (χ1n) is 6.33. The molecular formula is C13H24O2. The van der Waals surface area contributed by atoms with Crippen molar-refractivity contribution in [3.8, 4) is 0 Å². The minimum atomic E-state index is -0.0647. The van der Waals surface area contributed by atoms with Crippen molar-refractivity contribution in [1.82, 2.24) is 0 Å². The second-order valence-electron chi connectivity index (χ2n) is 4.09. The second-order valence-corrected chi connectivity index (χ2v) is 4.09. The number of unbranched alkanes of at least 4 members (excludes halogenated alkanes) is 6. The second kappa shape index (κ2) is 8.93. The third-order valence-electron chi connectivity index (χ3n) is 2.67. The molecule has 0 unspecified atom stereocenters. The molecule has 15 heavy (non-hydrogen) atoms. The maximum Gasteiger partial charge on any atom is 0.177 e. The van der Waals surface area contributed by atoms with Gasteiger partial charge in [-0.1, -0.05) is 45.1 Å². The summed E-state index contributed by atoms with van der Waals surface area (Å²) in [6, 6.07) is 0. The number of rotatable bonds is 8. The standard InChI is InChI=1S/C13H24O2/c1-2-3-4-5-6-7-8-9-10-13-14-11-12-15-13/h9-10,13H,2-8,11-12H2,1H3. The number of allylic oxidation sites excluding steroid dienone is 1. The normalized spacial score (nSPS) is 17.9. The van der Waals surface area contributed by atoms with Crippen LogP contribution in [0, 0.1) is 0 Å². The molecule has 1 rings (SSSR count). The van der Waals surface area contributed by atoms with E-state index in [1.165, 1.54) is 38.5 Å². The van der Waals surface area contributed by atoms with E-state index < -0.39 is 0 Å². The van der Waals surface area contributed by atoms with Crippen LogP contribution >= 0.6 is 0 Å². The van der Waals surface area contributed by atoms with Gasteiger partial charge in [0.2, 0.25) is 0 Å². The van der Waals surface area contributed by atoms with E-state index in [9.17, 15) is 0 Å². The zero-order chi connectivity index (χ0) is 10.8. The summed E-state index contributed by atoms with van der Waals surface area (Å²) < 4.78 is 10.6. The Kier molecular flexibility index (Phi) is 7.58. The summed E-state index contributed by atoms with van der Waals surface area (Å²) in [7, 11) is 0. The highest BCUT2D eigenvalue weighted by atomic mass is 16.7. The fourth-order valence-electron chi connectivity index (χ4n) is 1.74. The van der Waals surface area contributed by atoms with Gasteiger partial charge in [-0.15, -0.1) is 0 Å². The van der Waals surface area contributed by atoms with E-state index >= 15 is 0 Å². The van der Waals surface area contributed by atoms with Crippen molar-refractivity contribution in [2.24, 2.45) is 0 Å². The molecule has 0 aromatic carbocycles. The molecule has 88 valence electrons. The van der Waals surface area contributed by atoms with Crippen LogP contribution in [0.5, 0.6) is 0 Å². The van der Waals surface area contributed by atoms with Crippen molar-refractivity contribution in [3.63, 3.8) is 0 Å². The molecule has 0 aromatic heterocycles. The third-order valence-corrected chi connectivity index (χ3v) is 2.67. The van der Waals surface area contributed by atoms with Gasteiger partial charge in [-0.2, -0.15) is 0 Å². The van der Waals surface area contributed by atoms with Crippen LogP contribution in [0.25, 0.3) is 0 Å². The quantitative estimate of drug-likeness (QED) is 0.451. The van der Waals surface area contributed by atoms with Crippen LogP contribution in [0.3, 0.4) is 0 Å². The summed E-state index contributed by atoms with van der Waals surface area (Å²) >= 11 is 0. The van der Waals surface area contributed by atoms with Gasteiger partial charge in [-0.25, -0.2) is 0 Å². The van der Waals surface area contributed by atoms with Gasteiger partial charge >= 0.3 is 0 Å². The zero-order valence-electron chi connectivity index (χ0n) is 9.91. The molecule has 0 aliphatic carbocycles. The Bertz CT molecular complexity index is 160. The summed E-state index contributed by atoms with van der Waals surface area (Å²) in [5, 5.41) is 0. The average molecular weight is 212 g/mol. The number of hydrogen-bond donors (Lipinski definition) is 0. The van der Waals surface area contributed by atoms with Crippen molar-refractivity contribution < 1.29 is 9.47 Å². The summed E-state index contributed by atoms with van der Waals surface area (Å²) in [6.07, 6.45) is 13.5. The van der Waals surface area contributed by atoms with Gasteiger partial charge in [0.25, 0.3) is 0 Å². The fourth-order valence-corrected chi connectivity index (χ4v) is 1.74. The molecule has 0 spiro atoms. The lowest BCUT2D eigenvalue weighted by Gasteiger charge is -2.01. The van der Waals surface area contributed by atoms with Gasteiger partial charge in [0, 0.05) is 0 Å². The van der Waals surface area contributed by atoms with Crippen LogP contribution in [-0.2, 0) is 9.47 Å². The van der Waals surface area contributed by atoms with Crippen LogP contribution in [-0.4, -0.2) is 19.5 Å². The molecule has 0 amide bonds. The van der Waals surface area contributed by atoms with E-state index in [-0.39, 0.29) is 6.29 Å². The Balaban J connectivity index is 1.83. The molecule has 2 heteroatoms. The SMILES string of the molecule is CCCCCCCCC=CC1OCCO1. The smallest absolute Gasteiger partial charge is 0.177 e. The topological polar surface area (TPSA) is 18.5 Å². The molecule has 0 N–H and O–H groups in total. The van der Waals surface area contributed by atoms with E-state index in [0.717, 1.165) is 19.6 Å². The van der Waals surface area contributed by atoms with Crippen molar-refractivity contribution in [3.05, 3.63) is 12.2 Å². The van der Waals surface area contributed by atoms with Crippen molar-refractivity contribution >= 4 is 0 Å². The molecule has 1 saturated heterocycles. The van der Waals surface area contributed by atoms with E-state index in [1.54, 1.807) is 0 Å². The lowest BCUT2D eigenvalue weighted by atomic mass is 10.1. The Labute approximate surface area is 93.7 Å². The van der Waals surface area contributed by atoms with E-state index in [2.05, 4.69) is 13.0 Å². The Morgan fingerprint density at radius 2 is 1.67 bits per heavy atom. The van der Waals surface area contributed by atoms with Gasteiger partial charge < -0.3 is 9.47 Å². The first-order chi connectivity index (χ1) is 7.43. The van der Waals surface area contributed by atoms with Crippen molar-refractivity contribution in [2.75, 3.05) is 13.2 Å². The highest BCUT2D eigenvalue weighted by molar-refractivity contribution is 4.86. The Morgan fingerprint density at radius 3 is 2.40 bits per heavy atom. The maximum atomic E-state index is 5.30. The predicted octanol–water partition coefficient (Wildman–Crippen LogP) is 3.67. The molecule has 1 aliphatic rings. The van der Waals surface area contributed by atoms with Crippen LogP contribution in [0.2, 0.25) is 0 Å². The van der Waals surface area contributed by atoms with Crippen LogP contribution in [0.4, 0.5) is 0 Å². The van der Waals surface area contributed by atoms with Crippen LogP contribution < -0.4 is 0 Å². The van der Waals surface area contributed by atoms with Gasteiger partial charge in [0.15, 0.2) is 6.29 Å². The Morgan fingerprint density at radius 1 is 1.00 bits per heavy atom. The third kappa shape index (κ3) is 6.69. The molecule has 0 bridgehead atoms. The predicted molar refractivity (Wildman–Crippen MR) is 62.8 cm³/mol. The monoisotopic (exact) mass is 212 g/mol. The van der Waals surface area contributed by atoms with Crippen molar-refractivity contribution in [1.29, 1.82) is 0 Å². The van der Waals surface area contributed by atoms with Crippen LogP contribution in [0.15, 0.2) is 12.2 Å². The molecule has 0 radical (unpaired) electrons. The van der Waals surface area contributed by atoms with Crippen LogP contribution in [0.1, 0.15) is 51.9 Å². The number of hydrogen-bond acceptors (Lipinski definition) is 2.